The van der Waals surface area contributed by atoms with Crippen LogP contribution >= 0.6 is 11.3 Å². The Morgan fingerprint density at radius 1 is 1.39 bits per heavy atom. The quantitative estimate of drug-likeness (QED) is 0.866. The molecular weight excluding hydrogens is 246 g/mol. The fourth-order valence-electron chi connectivity index (χ4n) is 1.74. The second-order valence-corrected chi connectivity index (χ2v) is 5.11. The Balaban J connectivity index is 2.11. The standard InChI is InChI=1S/C12H17N5S/c1-3-4-10-11(13)15-7-16-12(10)14-5-9-6-18-8(2)17-9/h6-7H,3-5H2,1-2H3,(H3,13,14,15,16). The molecule has 2 heterocycles. The normalized spacial score (nSPS) is 10.6. The molecule has 0 fully saturated rings. The molecule has 0 amide bonds. The third-order valence-corrected chi connectivity index (χ3v) is 3.40. The summed E-state index contributed by atoms with van der Waals surface area (Å²) in [5.41, 5.74) is 7.89. The van der Waals surface area contributed by atoms with Crippen LogP contribution in [0.2, 0.25) is 0 Å². The van der Waals surface area contributed by atoms with Crippen molar-refractivity contribution in [3.8, 4) is 0 Å². The highest BCUT2D eigenvalue weighted by Gasteiger charge is 2.08. The zero-order chi connectivity index (χ0) is 13.0. The number of hydrogen-bond acceptors (Lipinski definition) is 6. The van der Waals surface area contributed by atoms with E-state index < -0.39 is 0 Å². The van der Waals surface area contributed by atoms with Crippen molar-refractivity contribution < 1.29 is 0 Å². The van der Waals surface area contributed by atoms with Crippen LogP contribution in [0.4, 0.5) is 11.6 Å². The van der Waals surface area contributed by atoms with Crippen LogP contribution in [0.1, 0.15) is 29.6 Å². The molecule has 6 heteroatoms. The topological polar surface area (TPSA) is 76.7 Å². The number of nitrogens with zero attached hydrogens (tertiary/aromatic N) is 3. The van der Waals surface area contributed by atoms with Gasteiger partial charge in [0.15, 0.2) is 0 Å². The second kappa shape index (κ2) is 5.77. The van der Waals surface area contributed by atoms with Gasteiger partial charge in [-0.05, 0) is 13.3 Å². The van der Waals surface area contributed by atoms with Gasteiger partial charge in [-0.1, -0.05) is 13.3 Å². The molecule has 3 N–H and O–H groups in total. The summed E-state index contributed by atoms with van der Waals surface area (Å²) in [5, 5.41) is 6.40. The lowest BCUT2D eigenvalue weighted by Crippen LogP contribution is -2.08. The minimum atomic E-state index is 0.559. The summed E-state index contributed by atoms with van der Waals surface area (Å²) in [7, 11) is 0. The summed E-state index contributed by atoms with van der Waals surface area (Å²) >= 11 is 1.65. The van der Waals surface area contributed by atoms with Gasteiger partial charge in [0.05, 0.1) is 17.2 Å². The van der Waals surface area contributed by atoms with E-state index in [9.17, 15) is 0 Å². The zero-order valence-electron chi connectivity index (χ0n) is 10.6. The van der Waals surface area contributed by atoms with Crippen molar-refractivity contribution in [1.82, 2.24) is 15.0 Å². The predicted octanol–water partition coefficient (Wildman–Crippen LogP) is 2.39. The summed E-state index contributed by atoms with van der Waals surface area (Å²) < 4.78 is 0. The van der Waals surface area contributed by atoms with Gasteiger partial charge in [-0.25, -0.2) is 15.0 Å². The molecule has 18 heavy (non-hydrogen) atoms. The van der Waals surface area contributed by atoms with E-state index in [1.54, 1.807) is 11.3 Å². The van der Waals surface area contributed by atoms with Crippen LogP contribution in [0.5, 0.6) is 0 Å². The lowest BCUT2D eigenvalue weighted by Gasteiger charge is -2.10. The summed E-state index contributed by atoms with van der Waals surface area (Å²) in [4.78, 5) is 12.7. The van der Waals surface area contributed by atoms with Crippen molar-refractivity contribution in [3.63, 3.8) is 0 Å². The van der Waals surface area contributed by atoms with Crippen LogP contribution < -0.4 is 11.1 Å². The van der Waals surface area contributed by atoms with E-state index in [4.69, 9.17) is 5.73 Å². The monoisotopic (exact) mass is 263 g/mol. The highest BCUT2D eigenvalue weighted by atomic mass is 32.1. The maximum Gasteiger partial charge on any atom is 0.135 e. The number of rotatable bonds is 5. The molecule has 0 aromatic carbocycles. The molecule has 0 aliphatic rings. The third kappa shape index (κ3) is 2.95. The number of aromatic nitrogens is 3. The van der Waals surface area contributed by atoms with Gasteiger partial charge in [-0.2, -0.15) is 0 Å². The molecule has 0 bridgehead atoms. The minimum absolute atomic E-state index is 0.559. The Hall–Kier alpha value is -1.69. The first-order valence-corrected chi connectivity index (χ1v) is 6.83. The second-order valence-electron chi connectivity index (χ2n) is 4.05. The number of aryl methyl sites for hydroxylation is 1. The SMILES string of the molecule is CCCc1c(N)ncnc1NCc1csc(C)n1. The Morgan fingerprint density at radius 3 is 2.89 bits per heavy atom. The van der Waals surface area contributed by atoms with Gasteiger partial charge in [0.2, 0.25) is 0 Å². The van der Waals surface area contributed by atoms with Crippen molar-refractivity contribution >= 4 is 23.0 Å². The minimum Gasteiger partial charge on any atom is -0.383 e. The summed E-state index contributed by atoms with van der Waals surface area (Å²) in [6.45, 7) is 4.77. The molecule has 2 aromatic rings. The van der Waals surface area contributed by atoms with E-state index in [-0.39, 0.29) is 0 Å². The van der Waals surface area contributed by atoms with Crippen molar-refractivity contribution in [3.05, 3.63) is 28.0 Å². The average molecular weight is 263 g/mol. The smallest absolute Gasteiger partial charge is 0.135 e. The number of anilines is 2. The van der Waals surface area contributed by atoms with Crippen LogP contribution in [0.3, 0.4) is 0 Å². The molecule has 5 nitrogen and oxygen atoms in total. The summed E-state index contributed by atoms with van der Waals surface area (Å²) in [6, 6.07) is 0. The zero-order valence-corrected chi connectivity index (χ0v) is 11.4. The molecular formula is C12H17N5S. The first-order valence-electron chi connectivity index (χ1n) is 5.95. The summed E-state index contributed by atoms with van der Waals surface area (Å²) in [5.74, 6) is 1.37. The van der Waals surface area contributed by atoms with E-state index in [1.165, 1.54) is 6.33 Å². The lowest BCUT2D eigenvalue weighted by atomic mass is 10.1. The predicted molar refractivity (Wildman–Crippen MR) is 74.6 cm³/mol. The van der Waals surface area contributed by atoms with E-state index in [0.29, 0.717) is 12.4 Å². The summed E-state index contributed by atoms with van der Waals surface area (Å²) in [6.07, 6.45) is 3.39. The fraction of sp³-hybridized carbons (Fsp3) is 0.417. The Labute approximate surface area is 111 Å². The van der Waals surface area contributed by atoms with Gasteiger partial charge in [-0.15, -0.1) is 11.3 Å². The molecule has 0 saturated heterocycles. The molecule has 0 spiro atoms. The van der Waals surface area contributed by atoms with Crippen molar-refractivity contribution in [2.45, 2.75) is 33.2 Å². The fourth-order valence-corrected chi connectivity index (χ4v) is 2.35. The number of nitrogens with two attached hydrogens (primary N) is 1. The Kier molecular flexibility index (Phi) is 4.09. The molecule has 2 rings (SSSR count). The number of hydrogen-bond donors (Lipinski definition) is 2. The average Bonchev–Trinajstić information content (AvgIpc) is 2.76. The van der Waals surface area contributed by atoms with Crippen molar-refractivity contribution in [1.29, 1.82) is 0 Å². The third-order valence-electron chi connectivity index (χ3n) is 2.58. The van der Waals surface area contributed by atoms with E-state index in [0.717, 1.165) is 34.9 Å². The molecule has 96 valence electrons. The van der Waals surface area contributed by atoms with E-state index in [1.807, 2.05) is 12.3 Å². The van der Waals surface area contributed by atoms with Gasteiger partial charge in [0, 0.05) is 10.9 Å². The Bertz CT molecular complexity index is 523. The maximum absolute atomic E-state index is 5.88. The highest BCUT2D eigenvalue weighted by Crippen LogP contribution is 2.20. The van der Waals surface area contributed by atoms with Crippen LogP contribution in [-0.4, -0.2) is 15.0 Å². The van der Waals surface area contributed by atoms with Crippen molar-refractivity contribution in [2.75, 3.05) is 11.1 Å². The highest BCUT2D eigenvalue weighted by molar-refractivity contribution is 7.09. The van der Waals surface area contributed by atoms with Gasteiger partial charge in [0.1, 0.15) is 18.0 Å². The van der Waals surface area contributed by atoms with Crippen molar-refractivity contribution in [2.24, 2.45) is 0 Å². The largest absolute Gasteiger partial charge is 0.383 e. The molecule has 0 saturated carbocycles. The van der Waals surface area contributed by atoms with E-state index >= 15 is 0 Å². The number of nitrogen functional groups attached to an aromatic ring is 1. The maximum atomic E-state index is 5.88. The Morgan fingerprint density at radius 2 is 2.22 bits per heavy atom. The van der Waals surface area contributed by atoms with Gasteiger partial charge in [0.25, 0.3) is 0 Å². The van der Waals surface area contributed by atoms with Gasteiger partial charge >= 0.3 is 0 Å². The molecule has 0 aliphatic carbocycles. The molecule has 0 unspecified atom stereocenters. The lowest BCUT2D eigenvalue weighted by molar-refractivity contribution is 0.899. The molecule has 2 aromatic heterocycles. The first-order chi connectivity index (χ1) is 8.70. The number of nitrogens with one attached hydrogen (secondary N) is 1. The van der Waals surface area contributed by atoms with Gasteiger partial charge in [-0.3, -0.25) is 0 Å². The number of thiazole rings is 1. The molecule has 0 aliphatic heterocycles. The van der Waals surface area contributed by atoms with E-state index in [2.05, 4.69) is 27.2 Å². The van der Waals surface area contributed by atoms with Crippen LogP contribution in [0.15, 0.2) is 11.7 Å². The molecule has 0 atom stereocenters. The first kappa shape index (κ1) is 12.8. The van der Waals surface area contributed by atoms with Crippen LogP contribution in [-0.2, 0) is 13.0 Å². The van der Waals surface area contributed by atoms with Gasteiger partial charge < -0.3 is 11.1 Å². The molecule has 0 radical (unpaired) electrons. The van der Waals surface area contributed by atoms with Crippen LogP contribution in [0.25, 0.3) is 0 Å². The van der Waals surface area contributed by atoms with Crippen LogP contribution in [0, 0.1) is 6.92 Å².